The van der Waals surface area contributed by atoms with E-state index < -0.39 is 0 Å². The van der Waals surface area contributed by atoms with Gasteiger partial charge in [-0.25, -0.2) is 4.39 Å². The van der Waals surface area contributed by atoms with Gasteiger partial charge in [0.15, 0.2) is 6.04 Å². The molecule has 0 aromatic heterocycles. The van der Waals surface area contributed by atoms with Gasteiger partial charge >= 0.3 is 0 Å². The molecule has 1 amide bonds. The first kappa shape index (κ1) is 16.6. The first-order valence-corrected chi connectivity index (χ1v) is 7.13. The number of nitrogens with zero attached hydrogens (tertiary/aromatic N) is 1. The number of carbonyl (C=O) groups excluding carboxylic acids is 1. The Hall–Kier alpha value is -1.42. The predicted octanol–water partition coefficient (Wildman–Crippen LogP) is 3.26. The van der Waals surface area contributed by atoms with Gasteiger partial charge in [-0.1, -0.05) is 6.92 Å². The Labute approximate surface area is 121 Å². The molecule has 0 saturated carbocycles. The third-order valence-corrected chi connectivity index (χ3v) is 4.09. The van der Waals surface area contributed by atoms with Crippen LogP contribution in [0.25, 0.3) is 0 Å². The van der Waals surface area contributed by atoms with Crippen LogP contribution >= 0.6 is 0 Å². The number of halogens is 1. The fraction of sp³-hybridized carbons (Fsp3) is 0.562. The maximum atomic E-state index is 13.3. The summed E-state index contributed by atoms with van der Waals surface area (Å²) in [5.74, 6) is -0.271. The van der Waals surface area contributed by atoms with Gasteiger partial charge in [0.2, 0.25) is 0 Å². The van der Waals surface area contributed by atoms with E-state index in [1.54, 1.807) is 0 Å². The van der Waals surface area contributed by atoms with E-state index in [1.165, 1.54) is 12.1 Å². The minimum absolute atomic E-state index is 0.00263. The summed E-state index contributed by atoms with van der Waals surface area (Å²) in [4.78, 5) is 12.5. The lowest BCUT2D eigenvalue weighted by atomic mass is 10.1. The first-order valence-electron chi connectivity index (χ1n) is 7.13. The molecule has 1 N–H and O–H groups in total. The van der Waals surface area contributed by atoms with Gasteiger partial charge < -0.3 is 9.80 Å². The molecule has 0 fully saturated rings. The molecule has 0 bridgehead atoms. The molecule has 3 nitrogen and oxygen atoms in total. The van der Waals surface area contributed by atoms with Crippen molar-refractivity contribution in [3.05, 3.63) is 29.1 Å². The van der Waals surface area contributed by atoms with Gasteiger partial charge in [-0.3, -0.25) is 4.79 Å². The number of amides is 1. The second-order valence-corrected chi connectivity index (χ2v) is 5.92. The monoisotopic (exact) mass is 281 g/mol. The van der Waals surface area contributed by atoms with E-state index >= 15 is 0 Å². The van der Waals surface area contributed by atoms with E-state index in [1.807, 2.05) is 20.8 Å². The second-order valence-electron chi connectivity index (χ2n) is 5.92. The average molecular weight is 281 g/mol. The lowest BCUT2D eigenvalue weighted by Crippen LogP contribution is -2.54. The molecule has 4 heteroatoms. The Kier molecular flexibility index (Phi) is 5.28. The van der Waals surface area contributed by atoms with Crippen molar-refractivity contribution in [3.8, 4) is 0 Å². The van der Waals surface area contributed by atoms with Crippen LogP contribution in [0, 0.1) is 19.7 Å². The van der Waals surface area contributed by atoms with Gasteiger partial charge in [-0.2, -0.15) is 0 Å². The second kappa shape index (κ2) is 6.35. The minimum Gasteiger partial charge on any atom is -0.320 e. The van der Waals surface area contributed by atoms with Crippen molar-refractivity contribution in [2.75, 3.05) is 26.0 Å². The van der Waals surface area contributed by atoms with Crippen molar-refractivity contribution in [2.24, 2.45) is 0 Å². The van der Waals surface area contributed by atoms with E-state index in [9.17, 15) is 9.18 Å². The summed E-state index contributed by atoms with van der Waals surface area (Å²) in [7, 11) is 4.11. The Balaban J connectivity index is 3.01. The number of rotatable bonds is 5. The predicted molar refractivity (Wildman–Crippen MR) is 81.2 cm³/mol. The van der Waals surface area contributed by atoms with Crippen molar-refractivity contribution < 1.29 is 13.7 Å². The van der Waals surface area contributed by atoms with Gasteiger partial charge in [-0.05, 0) is 44.0 Å². The van der Waals surface area contributed by atoms with Crippen molar-refractivity contribution in [1.82, 2.24) is 0 Å². The number of carbonyl (C=O) groups is 1. The Morgan fingerprint density at radius 1 is 1.25 bits per heavy atom. The van der Waals surface area contributed by atoms with E-state index in [2.05, 4.69) is 26.3 Å². The highest BCUT2D eigenvalue weighted by Gasteiger charge is 2.32. The fourth-order valence-electron chi connectivity index (χ4n) is 2.53. The number of hydrogen-bond acceptors (Lipinski definition) is 1. The lowest BCUT2D eigenvalue weighted by molar-refractivity contribution is -0.904. The van der Waals surface area contributed by atoms with Gasteiger partial charge in [0, 0.05) is 12.1 Å². The Bertz CT molecular complexity index is 474. The molecule has 0 heterocycles. The van der Waals surface area contributed by atoms with Crippen LogP contribution in [0.5, 0.6) is 0 Å². The van der Waals surface area contributed by atoms with Gasteiger partial charge in [0.1, 0.15) is 5.82 Å². The molecule has 112 valence electrons. The quantitative estimate of drug-likeness (QED) is 0.825. The molecular weight excluding hydrogens is 255 g/mol. The van der Waals surface area contributed by atoms with Crippen LogP contribution in [0.4, 0.5) is 10.1 Å². The van der Waals surface area contributed by atoms with Crippen LogP contribution in [0.3, 0.4) is 0 Å². The number of hydrogen-bond donors (Lipinski definition) is 1. The van der Waals surface area contributed by atoms with E-state index in [0.717, 1.165) is 29.8 Å². The molecule has 1 unspecified atom stereocenters. The van der Waals surface area contributed by atoms with Crippen LogP contribution < -0.4 is 5.32 Å². The summed E-state index contributed by atoms with van der Waals surface area (Å²) >= 11 is 0. The SMILES string of the molecule is CCC(C(=O)Nc1c(C)cc(F)cc1C)[N+](C)(C)CC. The normalized spacial score (nSPS) is 13.2. The zero-order valence-electron chi connectivity index (χ0n) is 13.4. The summed E-state index contributed by atoms with van der Waals surface area (Å²) in [6, 6.07) is 2.79. The minimum atomic E-state index is -0.269. The highest BCUT2D eigenvalue weighted by Crippen LogP contribution is 2.23. The van der Waals surface area contributed by atoms with Crippen molar-refractivity contribution in [1.29, 1.82) is 0 Å². The molecule has 1 aromatic rings. The molecule has 0 aliphatic heterocycles. The topological polar surface area (TPSA) is 29.1 Å². The number of nitrogens with one attached hydrogen (secondary N) is 1. The summed E-state index contributed by atoms with van der Waals surface area (Å²) in [5, 5.41) is 2.98. The maximum absolute atomic E-state index is 13.3. The van der Waals surface area contributed by atoms with Crippen molar-refractivity contribution in [2.45, 2.75) is 40.2 Å². The zero-order chi connectivity index (χ0) is 15.5. The molecule has 0 aliphatic carbocycles. The number of aryl methyl sites for hydroxylation is 2. The molecular formula is C16H26FN2O+. The van der Waals surface area contributed by atoms with Crippen molar-refractivity contribution >= 4 is 11.6 Å². The average Bonchev–Trinajstić information content (AvgIpc) is 2.34. The van der Waals surface area contributed by atoms with Crippen LogP contribution in [-0.2, 0) is 4.79 Å². The number of likely N-dealkylation sites (N-methyl/N-ethyl adjacent to an activating group) is 1. The largest absolute Gasteiger partial charge is 0.320 e. The van der Waals surface area contributed by atoms with Gasteiger partial charge in [0.25, 0.3) is 5.91 Å². The van der Waals surface area contributed by atoms with Crippen molar-refractivity contribution in [3.63, 3.8) is 0 Å². The molecule has 1 rings (SSSR count). The van der Waals surface area contributed by atoms with E-state index in [4.69, 9.17) is 0 Å². The Morgan fingerprint density at radius 2 is 1.75 bits per heavy atom. The standard InChI is InChI=1S/C16H25FN2O/c1-7-14(19(5,6)8-2)16(20)18-15-11(3)9-13(17)10-12(15)4/h9-10,14H,7-8H2,1-6H3/p+1. The lowest BCUT2D eigenvalue weighted by Gasteiger charge is -2.35. The van der Waals surface area contributed by atoms with E-state index in [0.29, 0.717) is 4.48 Å². The molecule has 1 aromatic carbocycles. The summed E-state index contributed by atoms with van der Waals surface area (Å²) in [5.41, 5.74) is 2.24. The third-order valence-electron chi connectivity index (χ3n) is 4.09. The van der Waals surface area contributed by atoms with Crippen LogP contribution in [0.15, 0.2) is 12.1 Å². The highest BCUT2D eigenvalue weighted by atomic mass is 19.1. The summed E-state index contributed by atoms with van der Waals surface area (Å²) < 4.78 is 13.9. The first-order chi connectivity index (χ1) is 9.22. The zero-order valence-corrected chi connectivity index (χ0v) is 13.4. The van der Waals surface area contributed by atoms with E-state index in [-0.39, 0.29) is 17.8 Å². The Morgan fingerprint density at radius 3 is 2.15 bits per heavy atom. The third kappa shape index (κ3) is 3.57. The number of anilines is 1. The van der Waals surface area contributed by atoms with Gasteiger partial charge in [-0.15, -0.1) is 0 Å². The summed E-state index contributed by atoms with van der Waals surface area (Å²) in [6.45, 7) is 8.60. The highest BCUT2D eigenvalue weighted by molar-refractivity contribution is 5.95. The fourth-order valence-corrected chi connectivity index (χ4v) is 2.53. The smallest absolute Gasteiger partial charge is 0.282 e. The summed E-state index contributed by atoms with van der Waals surface area (Å²) in [6.07, 6.45) is 0.770. The molecule has 20 heavy (non-hydrogen) atoms. The molecule has 0 saturated heterocycles. The molecule has 0 spiro atoms. The maximum Gasteiger partial charge on any atom is 0.282 e. The molecule has 0 aliphatic rings. The van der Waals surface area contributed by atoms with Crippen LogP contribution in [-0.4, -0.2) is 37.1 Å². The molecule has 1 atom stereocenters. The molecule has 0 radical (unpaired) electrons. The van der Waals surface area contributed by atoms with Crippen LogP contribution in [0.1, 0.15) is 31.4 Å². The number of quaternary nitrogens is 1. The van der Waals surface area contributed by atoms with Gasteiger partial charge in [0.05, 0.1) is 20.6 Å². The number of benzene rings is 1. The van der Waals surface area contributed by atoms with Crippen LogP contribution in [0.2, 0.25) is 0 Å².